The van der Waals surface area contributed by atoms with Gasteiger partial charge in [0, 0.05) is 31.8 Å². The summed E-state index contributed by atoms with van der Waals surface area (Å²) in [5.74, 6) is 5.61. The van der Waals surface area contributed by atoms with Gasteiger partial charge in [-0.2, -0.15) is 0 Å². The number of hydrogen-bond donors (Lipinski definition) is 2. The molecule has 17 heavy (non-hydrogen) atoms. The Kier molecular flexibility index (Phi) is 4.69. The topological polar surface area (TPSA) is 50.9 Å². The Bertz CT molecular complexity index is 501. The van der Waals surface area contributed by atoms with Crippen molar-refractivity contribution in [2.45, 2.75) is 12.5 Å². The van der Waals surface area contributed by atoms with Gasteiger partial charge in [-0.3, -0.25) is 16.3 Å². The van der Waals surface area contributed by atoms with E-state index in [1.54, 1.807) is 17.5 Å². The van der Waals surface area contributed by atoms with Gasteiger partial charge in [-0.15, -0.1) is 11.3 Å². The third kappa shape index (κ3) is 3.35. The van der Waals surface area contributed by atoms with Crippen molar-refractivity contribution in [3.63, 3.8) is 0 Å². The summed E-state index contributed by atoms with van der Waals surface area (Å²) in [6.07, 6.45) is 2.59. The van der Waals surface area contributed by atoms with Gasteiger partial charge in [0.25, 0.3) is 0 Å². The Morgan fingerprint density at radius 3 is 2.88 bits per heavy atom. The minimum Gasteiger partial charge on any atom is -0.271 e. The van der Waals surface area contributed by atoms with E-state index in [2.05, 4.69) is 53.7 Å². The van der Waals surface area contributed by atoms with E-state index in [4.69, 9.17) is 5.84 Å². The maximum atomic E-state index is 5.61. The van der Waals surface area contributed by atoms with Gasteiger partial charge in [0.1, 0.15) is 0 Å². The second kappa shape index (κ2) is 6.06. The fourth-order valence-corrected chi connectivity index (χ4v) is 3.58. The van der Waals surface area contributed by atoms with Gasteiger partial charge in [-0.1, -0.05) is 0 Å². The van der Waals surface area contributed by atoms with Crippen molar-refractivity contribution < 1.29 is 0 Å². The molecule has 0 bridgehead atoms. The van der Waals surface area contributed by atoms with Gasteiger partial charge in [0.15, 0.2) is 0 Å². The number of hydrazine groups is 1. The summed E-state index contributed by atoms with van der Waals surface area (Å²) >= 11 is 8.65. The molecule has 0 aliphatic rings. The number of nitrogens with two attached hydrogens (primary N) is 1. The van der Waals surface area contributed by atoms with Gasteiger partial charge in [0.2, 0.25) is 0 Å². The second-order valence-corrected chi connectivity index (χ2v) is 6.29. The van der Waals surface area contributed by atoms with Crippen LogP contribution in [0.2, 0.25) is 0 Å². The highest BCUT2D eigenvalue weighted by molar-refractivity contribution is 9.10. The Morgan fingerprint density at radius 1 is 1.47 bits per heavy atom. The maximum absolute atomic E-state index is 5.61. The van der Waals surface area contributed by atoms with Crippen LogP contribution in [0.15, 0.2) is 38.7 Å². The third-order valence-electron chi connectivity index (χ3n) is 2.35. The smallest absolute Gasteiger partial charge is 0.0732 e. The molecule has 0 spiro atoms. The average Bonchev–Trinajstić information content (AvgIpc) is 2.73. The predicted molar refractivity (Wildman–Crippen MR) is 77.7 cm³/mol. The molecule has 1 unspecified atom stereocenters. The molecule has 2 heterocycles. The second-order valence-electron chi connectivity index (χ2n) is 3.53. The lowest BCUT2D eigenvalue weighted by molar-refractivity contribution is 0.539. The highest BCUT2D eigenvalue weighted by Gasteiger charge is 2.15. The fourth-order valence-electron chi connectivity index (χ4n) is 1.55. The summed E-state index contributed by atoms with van der Waals surface area (Å²) in [5.41, 5.74) is 3.75. The fraction of sp³-hybridized carbons (Fsp3) is 0.182. The minimum absolute atomic E-state index is 0.0103. The lowest BCUT2D eigenvalue weighted by Gasteiger charge is -2.15. The molecule has 2 aromatic heterocycles. The molecule has 3 nitrogen and oxygen atoms in total. The molecule has 0 saturated carbocycles. The zero-order chi connectivity index (χ0) is 12.3. The van der Waals surface area contributed by atoms with Crippen molar-refractivity contribution in [1.29, 1.82) is 0 Å². The van der Waals surface area contributed by atoms with Gasteiger partial charge in [-0.05, 0) is 50.1 Å². The van der Waals surface area contributed by atoms with Crippen molar-refractivity contribution in [3.05, 3.63) is 49.3 Å². The van der Waals surface area contributed by atoms with E-state index < -0.39 is 0 Å². The molecule has 0 aromatic carbocycles. The number of nitrogens with zero attached hydrogens (tertiary/aromatic N) is 1. The van der Waals surface area contributed by atoms with Crippen LogP contribution < -0.4 is 11.3 Å². The number of thiophene rings is 1. The molecule has 0 aliphatic carbocycles. The third-order valence-corrected chi connectivity index (χ3v) is 4.74. The van der Waals surface area contributed by atoms with Crippen LogP contribution in [0.1, 0.15) is 16.6 Å². The first-order valence-electron chi connectivity index (χ1n) is 5.00. The maximum Gasteiger partial charge on any atom is 0.0732 e. The predicted octanol–water partition coefficient (Wildman–Crippen LogP) is 3.42. The molecule has 2 rings (SSSR count). The molecular formula is C11H11Br2N3S. The van der Waals surface area contributed by atoms with Crippen LogP contribution >= 0.6 is 43.2 Å². The molecule has 0 saturated heterocycles. The first-order valence-corrected chi connectivity index (χ1v) is 7.46. The van der Waals surface area contributed by atoms with E-state index in [1.165, 1.54) is 4.88 Å². The van der Waals surface area contributed by atoms with E-state index >= 15 is 0 Å². The van der Waals surface area contributed by atoms with Crippen LogP contribution in [-0.2, 0) is 6.42 Å². The van der Waals surface area contributed by atoms with Crippen molar-refractivity contribution in [1.82, 2.24) is 10.4 Å². The largest absolute Gasteiger partial charge is 0.271 e. The van der Waals surface area contributed by atoms with Crippen molar-refractivity contribution in [2.24, 2.45) is 5.84 Å². The zero-order valence-corrected chi connectivity index (χ0v) is 12.8. The summed E-state index contributed by atoms with van der Waals surface area (Å²) in [5, 5.41) is 2.07. The number of aromatic nitrogens is 1. The van der Waals surface area contributed by atoms with Crippen LogP contribution in [0.25, 0.3) is 0 Å². The van der Waals surface area contributed by atoms with Gasteiger partial charge < -0.3 is 0 Å². The first-order chi connectivity index (χ1) is 8.20. The highest BCUT2D eigenvalue weighted by Crippen LogP contribution is 2.27. The van der Waals surface area contributed by atoms with Crippen molar-refractivity contribution in [3.8, 4) is 0 Å². The van der Waals surface area contributed by atoms with Gasteiger partial charge in [-0.25, -0.2) is 0 Å². The molecule has 6 heteroatoms. The van der Waals surface area contributed by atoms with E-state index in [9.17, 15) is 0 Å². The number of rotatable bonds is 4. The number of halogens is 2. The lowest BCUT2D eigenvalue weighted by atomic mass is 10.1. The van der Waals surface area contributed by atoms with Crippen LogP contribution in [-0.4, -0.2) is 4.98 Å². The van der Waals surface area contributed by atoms with Crippen LogP contribution in [0.5, 0.6) is 0 Å². The van der Waals surface area contributed by atoms with E-state index in [0.29, 0.717) is 0 Å². The molecule has 0 amide bonds. The lowest BCUT2D eigenvalue weighted by Crippen LogP contribution is -2.30. The number of hydrogen-bond acceptors (Lipinski definition) is 4. The zero-order valence-electron chi connectivity index (χ0n) is 8.86. The first kappa shape index (κ1) is 13.2. The molecule has 3 N–H and O–H groups in total. The van der Waals surface area contributed by atoms with Crippen molar-refractivity contribution >= 4 is 43.2 Å². The number of nitrogens with one attached hydrogen (secondary N) is 1. The molecule has 0 radical (unpaired) electrons. The van der Waals surface area contributed by atoms with E-state index in [1.807, 2.05) is 12.1 Å². The SMILES string of the molecule is NNC(Cc1cc(Br)cs1)c1ncccc1Br. The summed E-state index contributed by atoms with van der Waals surface area (Å²) in [4.78, 5) is 5.62. The Balaban J connectivity index is 2.20. The number of pyridine rings is 1. The Morgan fingerprint density at radius 2 is 2.29 bits per heavy atom. The average molecular weight is 377 g/mol. The normalized spacial score (nSPS) is 12.6. The van der Waals surface area contributed by atoms with Crippen LogP contribution in [0.4, 0.5) is 0 Å². The molecule has 2 aromatic rings. The quantitative estimate of drug-likeness (QED) is 0.634. The molecule has 0 fully saturated rings. The summed E-state index contributed by atoms with van der Waals surface area (Å²) in [6, 6.07) is 5.97. The molecule has 1 atom stereocenters. The van der Waals surface area contributed by atoms with Gasteiger partial charge in [0.05, 0.1) is 11.7 Å². The minimum atomic E-state index is 0.0103. The Hall–Kier alpha value is -0.270. The summed E-state index contributed by atoms with van der Waals surface area (Å²) in [7, 11) is 0. The van der Waals surface area contributed by atoms with Crippen LogP contribution in [0.3, 0.4) is 0 Å². The standard InChI is InChI=1S/C11H11Br2N3S/c12-7-4-8(17-6-7)5-10(16-14)11-9(13)2-1-3-15-11/h1-4,6,10,16H,5,14H2. The Labute approximate surface area is 121 Å². The van der Waals surface area contributed by atoms with Crippen LogP contribution in [0, 0.1) is 0 Å². The monoisotopic (exact) mass is 375 g/mol. The summed E-state index contributed by atoms with van der Waals surface area (Å²) in [6.45, 7) is 0. The molecule has 0 aliphatic heterocycles. The molecular weight excluding hydrogens is 366 g/mol. The molecule has 90 valence electrons. The highest BCUT2D eigenvalue weighted by atomic mass is 79.9. The van der Waals surface area contributed by atoms with Gasteiger partial charge >= 0.3 is 0 Å². The van der Waals surface area contributed by atoms with E-state index in [0.717, 1.165) is 21.1 Å². The summed E-state index contributed by atoms with van der Waals surface area (Å²) < 4.78 is 2.08. The van der Waals surface area contributed by atoms with Crippen molar-refractivity contribution in [2.75, 3.05) is 0 Å². The van der Waals surface area contributed by atoms with E-state index in [-0.39, 0.29) is 6.04 Å².